The van der Waals surface area contributed by atoms with E-state index >= 15 is 0 Å². The van der Waals surface area contributed by atoms with E-state index in [4.69, 9.17) is 4.74 Å². The molecule has 0 aliphatic heterocycles. The number of ether oxygens (including phenoxy) is 1. The van der Waals surface area contributed by atoms with Gasteiger partial charge in [0.1, 0.15) is 12.4 Å². The quantitative estimate of drug-likeness (QED) is 0.702. The van der Waals surface area contributed by atoms with Crippen LogP contribution in [0.25, 0.3) is 0 Å². The smallest absolute Gasteiger partial charge is 1.00 e. The topological polar surface area (TPSA) is 46.5 Å². The van der Waals surface area contributed by atoms with Crippen LogP contribution in [0, 0.1) is 0 Å². The number of benzene rings is 3. The number of aryl methyl sites for hydroxylation is 1. The van der Waals surface area contributed by atoms with Gasteiger partial charge in [0, 0.05) is 11.5 Å². The molecule has 4 heteroatoms. The van der Waals surface area contributed by atoms with E-state index < -0.39 is 5.97 Å². The van der Waals surface area contributed by atoms with Crippen LogP contribution in [0.2, 0.25) is 0 Å². The van der Waals surface area contributed by atoms with Crippen LogP contribution in [0.3, 0.4) is 0 Å². The molecular formula is C23H21NaO3. The normalized spacial score (nSPS) is 14.9. The summed E-state index contributed by atoms with van der Waals surface area (Å²) < 4.78 is 5.81. The van der Waals surface area contributed by atoms with Crippen LogP contribution >= 0.6 is 0 Å². The SMILES string of the molecule is O=C(O)c1ccccc1COc1ccc(C2CCc3ccccc32)cc1.[H-].[Na+]. The van der Waals surface area contributed by atoms with E-state index in [1.807, 2.05) is 18.2 Å². The fourth-order valence-corrected chi connectivity index (χ4v) is 3.72. The van der Waals surface area contributed by atoms with Gasteiger partial charge in [-0.1, -0.05) is 54.6 Å². The zero-order valence-electron chi connectivity index (χ0n) is 16.4. The maximum atomic E-state index is 11.3. The Labute approximate surface area is 182 Å². The van der Waals surface area contributed by atoms with Crippen molar-refractivity contribution in [2.24, 2.45) is 0 Å². The van der Waals surface area contributed by atoms with Crippen molar-refractivity contribution in [2.75, 3.05) is 0 Å². The Morgan fingerprint density at radius 3 is 2.48 bits per heavy atom. The molecule has 1 atom stereocenters. The van der Waals surface area contributed by atoms with Crippen LogP contribution in [0.15, 0.2) is 72.8 Å². The summed E-state index contributed by atoms with van der Waals surface area (Å²) in [6, 6.07) is 23.8. The van der Waals surface area contributed by atoms with Crippen molar-refractivity contribution >= 4 is 5.97 Å². The molecule has 0 bridgehead atoms. The summed E-state index contributed by atoms with van der Waals surface area (Å²) in [7, 11) is 0. The van der Waals surface area contributed by atoms with Gasteiger partial charge in [-0.2, -0.15) is 0 Å². The van der Waals surface area contributed by atoms with Gasteiger partial charge in [0.05, 0.1) is 5.56 Å². The number of carboxylic acid groups (broad SMARTS) is 1. The van der Waals surface area contributed by atoms with Crippen molar-refractivity contribution in [3.05, 3.63) is 101 Å². The number of carboxylic acids is 1. The van der Waals surface area contributed by atoms with E-state index in [9.17, 15) is 9.90 Å². The van der Waals surface area contributed by atoms with Crippen LogP contribution < -0.4 is 34.3 Å². The third-order valence-electron chi connectivity index (χ3n) is 5.06. The fourth-order valence-electron chi connectivity index (χ4n) is 3.72. The van der Waals surface area contributed by atoms with E-state index in [0.717, 1.165) is 18.6 Å². The molecule has 4 rings (SSSR count). The van der Waals surface area contributed by atoms with Gasteiger partial charge in [-0.3, -0.25) is 0 Å². The molecule has 0 heterocycles. The zero-order chi connectivity index (χ0) is 17.9. The van der Waals surface area contributed by atoms with Crippen molar-refractivity contribution in [1.82, 2.24) is 0 Å². The molecule has 1 N–H and O–H groups in total. The molecule has 0 spiro atoms. The molecule has 0 fully saturated rings. The first kappa shape index (κ1) is 19.7. The second-order valence-electron chi connectivity index (χ2n) is 6.61. The monoisotopic (exact) mass is 368 g/mol. The van der Waals surface area contributed by atoms with Crippen molar-refractivity contribution in [3.63, 3.8) is 0 Å². The molecule has 0 aromatic heterocycles. The average molecular weight is 368 g/mol. The van der Waals surface area contributed by atoms with Crippen molar-refractivity contribution in [2.45, 2.75) is 25.4 Å². The second kappa shape index (κ2) is 8.75. The number of fused-ring (bicyclic) bond motifs is 1. The number of hydrogen-bond acceptors (Lipinski definition) is 2. The minimum Gasteiger partial charge on any atom is -1.00 e. The third-order valence-corrected chi connectivity index (χ3v) is 5.06. The summed E-state index contributed by atoms with van der Waals surface area (Å²) in [5.74, 6) is 0.271. The Morgan fingerprint density at radius 2 is 1.70 bits per heavy atom. The maximum absolute atomic E-state index is 11.3. The van der Waals surface area contributed by atoms with Gasteiger partial charge < -0.3 is 11.3 Å². The molecule has 0 amide bonds. The molecule has 1 aliphatic rings. The Hall–Kier alpha value is -2.07. The first-order valence-corrected chi connectivity index (χ1v) is 8.84. The number of carbonyl (C=O) groups is 1. The van der Waals surface area contributed by atoms with Gasteiger partial charge in [0.2, 0.25) is 0 Å². The Kier molecular flexibility index (Phi) is 6.38. The molecule has 0 radical (unpaired) electrons. The Morgan fingerprint density at radius 1 is 1.00 bits per heavy atom. The van der Waals surface area contributed by atoms with Gasteiger partial charge in [-0.15, -0.1) is 0 Å². The fraction of sp³-hybridized carbons (Fsp3) is 0.174. The minimum absolute atomic E-state index is 0. The maximum Gasteiger partial charge on any atom is 1.00 e. The number of aromatic carboxylic acids is 1. The molecule has 3 aromatic carbocycles. The first-order chi connectivity index (χ1) is 12.7. The van der Waals surface area contributed by atoms with E-state index in [2.05, 4.69) is 36.4 Å². The number of hydrogen-bond donors (Lipinski definition) is 1. The molecule has 3 nitrogen and oxygen atoms in total. The predicted molar refractivity (Wildman–Crippen MR) is 102 cm³/mol. The molecule has 0 saturated carbocycles. The Bertz CT molecular complexity index is 941. The van der Waals surface area contributed by atoms with E-state index in [1.54, 1.807) is 18.2 Å². The first-order valence-electron chi connectivity index (χ1n) is 8.84. The van der Waals surface area contributed by atoms with Crippen molar-refractivity contribution in [3.8, 4) is 5.75 Å². The van der Waals surface area contributed by atoms with Crippen LogP contribution in [0.5, 0.6) is 5.75 Å². The molecular weight excluding hydrogens is 347 g/mol. The molecule has 0 saturated heterocycles. The van der Waals surface area contributed by atoms with Gasteiger partial charge in [-0.25, -0.2) is 4.79 Å². The van der Waals surface area contributed by atoms with E-state index in [1.165, 1.54) is 16.7 Å². The summed E-state index contributed by atoms with van der Waals surface area (Å²) in [6.07, 6.45) is 2.27. The largest absolute Gasteiger partial charge is 1.00 e. The summed E-state index contributed by atoms with van der Waals surface area (Å²) in [4.78, 5) is 11.3. The van der Waals surface area contributed by atoms with E-state index in [-0.39, 0.29) is 43.2 Å². The van der Waals surface area contributed by atoms with Crippen molar-refractivity contribution in [1.29, 1.82) is 0 Å². The summed E-state index contributed by atoms with van der Waals surface area (Å²) >= 11 is 0. The molecule has 1 unspecified atom stereocenters. The molecule has 27 heavy (non-hydrogen) atoms. The van der Waals surface area contributed by atoms with E-state index in [0.29, 0.717) is 11.5 Å². The van der Waals surface area contributed by atoms with Gasteiger partial charge in [0.25, 0.3) is 0 Å². The minimum atomic E-state index is -0.931. The average Bonchev–Trinajstić information content (AvgIpc) is 3.11. The zero-order valence-corrected chi connectivity index (χ0v) is 17.4. The third kappa shape index (κ3) is 4.27. The van der Waals surface area contributed by atoms with Crippen LogP contribution in [0.1, 0.15) is 46.4 Å². The second-order valence-corrected chi connectivity index (χ2v) is 6.61. The van der Waals surface area contributed by atoms with Crippen molar-refractivity contribution < 1.29 is 45.6 Å². The molecule has 1 aliphatic carbocycles. The van der Waals surface area contributed by atoms with Crippen LogP contribution in [-0.2, 0) is 13.0 Å². The summed E-state index contributed by atoms with van der Waals surface area (Å²) in [5, 5.41) is 9.25. The predicted octanol–water partition coefficient (Wildman–Crippen LogP) is 2.16. The summed E-state index contributed by atoms with van der Waals surface area (Å²) in [5.41, 5.74) is 5.13. The van der Waals surface area contributed by atoms with Gasteiger partial charge >= 0.3 is 35.5 Å². The van der Waals surface area contributed by atoms with Crippen LogP contribution in [0.4, 0.5) is 0 Å². The summed E-state index contributed by atoms with van der Waals surface area (Å²) in [6.45, 7) is 0.244. The van der Waals surface area contributed by atoms with Gasteiger partial charge in [0.15, 0.2) is 0 Å². The molecule has 132 valence electrons. The van der Waals surface area contributed by atoms with Crippen LogP contribution in [-0.4, -0.2) is 11.1 Å². The Balaban J connectivity index is 0.00000140. The number of rotatable bonds is 5. The molecule has 3 aromatic rings. The van der Waals surface area contributed by atoms with Gasteiger partial charge in [-0.05, 0) is 47.7 Å². The standard InChI is InChI=1S/C23H20O3.Na.H/c24-23(25)22-8-4-2-6-18(22)15-26-19-12-9-17(10-13-19)21-14-11-16-5-1-3-7-20(16)21;;/h1-10,12-13,21H,11,14-15H2,(H,24,25);;/q;+1;-1.